The van der Waals surface area contributed by atoms with E-state index in [4.69, 9.17) is 11.6 Å². The molecule has 1 unspecified atom stereocenters. The average Bonchev–Trinajstić information content (AvgIpc) is 2.69. The molecule has 2 heterocycles. The largest absolute Gasteiger partial charge is 0.382 e. The maximum absolute atomic E-state index is 9.85. The lowest BCUT2D eigenvalue weighted by Gasteiger charge is -2.07. The highest BCUT2D eigenvalue weighted by Crippen LogP contribution is 2.22. The van der Waals surface area contributed by atoms with Gasteiger partial charge in [-0.25, -0.2) is 4.98 Å². The third-order valence-corrected chi connectivity index (χ3v) is 2.58. The highest BCUT2D eigenvalue weighted by Gasteiger charge is 2.12. The number of pyridine rings is 1. The molecule has 0 aliphatic heterocycles. The van der Waals surface area contributed by atoms with E-state index in [1.165, 1.54) is 17.5 Å². The number of hydrogen-bond acceptors (Lipinski definition) is 4. The summed E-state index contributed by atoms with van der Waals surface area (Å²) in [5.41, 5.74) is 2.96. The van der Waals surface area contributed by atoms with Crippen LogP contribution in [0.15, 0.2) is 29.4 Å². The summed E-state index contributed by atoms with van der Waals surface area (Å²) in [5, 5.41) is 12.2. The average molecular weight is 227 g/mol. The van der Waals surface area contributed by atoms with Gasteiger partial charge in [-0.15, -0.1) is 11.3 Å². The highest BCUT2D eigenvalue weighted by molar-refractivity contribution is 7.07. The molecule has 1 N–H and O–H groups in total. The van der Waals surface area contributed by atoms with Crippen molar-refractivity contribution < 1.29 is 5.11 Å². The second-order valence-electron chi connectivity index (χ2n) is 2.75. The van der Waals surface area contributed by atoms with Crippen LogP contribution in [0, 0.1) is 0 Å². The highest BCUT2D eigenvalue weighted by atomic mass is 35.5. The zero-order valence-electron chi connectivity index (χ0n) is 7.09. The lowest BCUT2D eigenvalue weighted by atomic mass is 10.1. The maximum Gasteiger partial charge on any atom is 0.123 e. The van der Waals surface area contributed by atoms with Crippen molar-refractivity contribution in [3.63, 3.8) is 0 Å². The molecule has 0 fully saturated rings. The van der Waals surface area contributed by atoms with Crippen LogP contribution in [-0.4, -0.2) is 15.1 Å². The predicted molar refractivity (Wildman–Crippen MR) is 55.4 cm³/mol. The van der Waals surface area contributed by atoms with Gasteiger partial charge in [0.1, 0.15) is 6.10 Å². The molecule has 1 atom stereocenters. The first-order valence-corrected chi connectivity index (χ1v) is 5.26. The van der Waals surface area contributed by atoms with Gasteiger partial charge >= 0.3 is 0 Å². The maximum atomic E-state index is 9.85. The van der Waals surface area contributed by atoms with Gasteiger partial charge in [0.05, 0.1) is 16.2 Å². The molecule has 0 spiro atoms. The van der Waals surface area contributed by atoms with E-state index in [-0.39, 0.29) is 0 Å². The van der Waals surface area contributed by atoms with E-state index in [1.807, 2.05) is 0 Å². The molecule has 72 valence electrons. The second kappa shape index (κ2) is 4.04. The van der Waals surface area contributed by atoms with E-state index in [1.54, 1.807) is 23.2 Å². The summed E-state index contributed by atoms with van der Waals surface area (Å²) >= 11 is 7.20. The molecule has 0 saturated heterocycles. The Hall–Kier alpha value is -0.970. The van der Waals surface area contributed by atoms with Crippen LogP contribution in [0.1, 0.15) is 17.4 Å². The topological polar surface area (TPSA) is 46.0 Å². The molecule has 0 bridgehead atoms. The van der Waals surface area contributed by atoms with Crippen LogP contribution in [0.3, 0.4) is 0 Å². The Morgan fingerprint density at radius 3 is 2.93 bits per heavy atom. The number of halogens is 1. The number of thiazole rings is 1. The minimum atomic E-state index is -0.743. The standard InChI is InChI=1S/C9H7ClN2OS/c10-7-1-6(2-11-3-7)9(13)8-4-14-5-12-8/h1-5,9,13H. The van der Waals surface area contributed by atoms with Gasteiger partial charge in [-0.2, -0.15) is 0 Å². The van der Waals surface area contributed by atoms with Crippen molar-refractivity contribution in [3.05, 3.63) is 45.6 Å². The van der Waals surface area contributed by atoms with Gasteiger partial charge in [0.2, 0.25) is 0 Å². The lowest BCUT2D eigenvalue weighted by molar-refractivity contribution is 0.215. The monoisotopic (exact) mass is 226 g/mol. The summed E-state index contributed by atoms with van der Waals surface area (Å²) in [7, 11) is 0. The van der Waals surface area contributed by atoms with Crippen LogP contribution in [-0.2, 0) is 0 Å². The third-order valence-electron chi connectivity index (χ3n) is 1.77. The predicted octanol–water partition coefficient (Wildman–Crippen LogP) is 2.27. The number of nitrogens with zero attached hydrogens (tertiary/aromatic N) is 2. The first-order chi connectivity index (χ1) is 6.77. The van der Waals surface area contributed by atoms with Crippen LogP contribution in [0.4, 0.5) is 0 Å². The van der Waals surface area contributed by atoms with Gasteiger partial charge in [0, 0.05) is 23.3 Å². The summed E-state index contributed by atoms with van der Waals surface area (Å²) in [6, 6.07) is 1.68. The molecule has 0 aliphatic rings. The molecule has 0 saturated carbocycles. The second-order valence-corrected chi connectivity index (χ2v) is 3.91. The van der Waals surface area contributed by atoms with Gasteiger partial charge < -0.3 is 5.11 Å². The number of rotatable bonds is 2. The molecule has 0 radical (unpaired) electrons. The van der Waals surface area contributed by atoms with Crippen LogP contribution in [0.2, 0.25) is 5.02 Å². The summed E-state index contributed by atoms with van der Waals surface area (Å²) in [5.74, 6) is 0. The molecule has 0 amide bonds. The summed E-state index contributed by atoms with van der Waals surface area (Å²) in [6.45, 7) is 0. The van der Waals surface area contributed by atoms with Gasteiger partial charge in [-0.3, -0.25) is 4.98 Å². The van der Waals surface area contributed by atoms with E-state index in [0.29, 0.717) is 16.3 Å². The molecular formula is C9H7ClN2OS. The molecule has 2 aromatic rings. The summed E-state index contributed by atoms with van der Waals surface area (Å²) in [6.07, 6.45) is 2.36. The number of aliphatic hydroxyl groups is 1. The molecule has 3 nitrogen and oxygen atoms in total. The van der Waals surface area contributed by atoms with E-state index in [9.17, 15) is 5.11 Å². The minimum Gasteiger partial charge on any atom is -0.382 e. The zero-order valence-corrected chi connectivity index (χ0v) is 8.66. The zero-order chi connectivity index (χ0) is 9.97. The van der Waals surface area contributed by atoms with Gasteiger partial charge in [-0.1, -0.05) is 11.6 Å². The van der Waals surface area contributed by atoms with Gasteiger partial charge in [0.15, 0.2) is 0 Å². The van der Waals surface area contributed by atoms with E-state index in [0.717, 1.165) is 0 Å². The fraction of sp³-hybridized carbons (Fsp3) is 0.111. The van der Waals surface area contributed by atoms with Crippen molar-refractivity contribution in [2.75, 3.05) is 0 Å². The fourth-order valence-corrected chi connectivity index (χ4v) is 1.86. The molecular weight excluding hydrogens is 220 g/mol. The molecule has 0 aliphatic carbocycles. The van der Waals surface area contributed by atoms with Crippen molar-refractivity contribution in [3.8, 4) is 0 Å². The van der Waals surface area contributed by atoms with E-state index in [2.05, 4.69) is 9.97 Å². The lowest BCUT2D eigenvalue weighted by Crippen LogP contribution is -2.00. The Morgan fingerprint density at radius 2 is 2.29 bits per heavy atom. The molecule has 5 heteroatoms. The van der Waals surface area contributed by atoms with Crippen molar-refractivity contribution in [1.82, 2.24) is 9.97 Å². The first-order valence-electron chi connectivity index (χ1n) is 3.94. The Balaban J connectivity index is 2.32. The normalized spacial score (nSPS) is 12.7. The van der Waals surface area contributed by atoms with Gasteiger partial charge in [-0.05, 0) is 6.07 Å². The Bertz CT molecular complexity index is 419. The first kappa shape index (κ1) is 9.58. The quantitative estimate of drug-likeness (QED) is 0.855. The number of hydrogen-bond donors (Lipinski definition) is 1. The van der Waals surface area contributed by atoms with Crippen LogP contribution in [0.5, 0.6) is 0 Å². The molecule has 2 aromatic heterocycles. The Kier molecular flexibility index (Phi) is 2.77. The van der Waals surface area contributed by atoms with Crippen molar-refractivity contribution in [2.45, 2.75) is 6.10 Å². The van der Waals surface area contributed by atoms with Crippen LogP contribution in [0.25, 0.3) is 0 Å². The molecule has 0 aromatic carbocycles. The van der Waals surface area contributed by atoms with Crippen molar-refractivity contribution in [2.24, 2.45) is 0 Å². The third kappa shape index (κ3) is 1.92. The molecule has 14 heavy (non-hydrogen) atoms. The van der Waals surface area contributed by atoms with E-state index >= 15 is 0 Å². The fourth-order valence-electron chi connectivity index (χ4n) is 1.11. The Morgan fingerprint density at radius 1 is 1.43 bits per heavy atom. The van der Waals surface area contributed by atoms with Gasteiger partial charge in [0.25, 0.3) is 0 Å². The van der Waals surface area contributed by atoms with Crippen molar-refractivity contribution in [1.29, 1.82) is 0 Å². The number of aromatic nitrogens is 2. The van der Waals surface area contributed by atoms with E-state index < -0.39 is 6.10 Å². The minimum absolute atomic E-state index is 0.511. The smallest absolute Gasteiger partial charge is 0.123 e. The Labute approximate surface area is 90.0 Å². The van der Waals surface area contributed by atoms with Crippen LogP contribution >= 0.6 is 22.9 Å². The number of aliphatic hydroxyl groups excluding tert-OH is 1. The SMILES string of the molecule is OC(c1cncc(Cl)c1)c1cscn1. The van der Waals surface area contributed by atoms with Crippen LogP contribution < -0.4 is 0 Å². The van der Waals surface area contributed by atoms with Crippen molar-refractivity contribution >= 4 is 22.9 Å². The summed E-state index contributed by atoms with van der Waals surface area (Å²) < 4.78 is 0. The molecule has 2 rings (SSSR count). The summed E-state index contributed by atoms with van der Waals surface area (Å²) in [4.78, 5) is 7.92.